The monoisotopic (exact) mass is 641 g/mol. The number of nitrogens with zero attached hydrogens (tertiary/aromatic N) is 1. The van der Waals surface area contributed by atoms with Gasteiger partial charge in [-0.25, -0.2) is 0 Å². The SMILES string of the molecule is C=C/C=C\c1ccc(N(c2ccccc2-c2ccccc2)c2ccccc2-c2cccc3c2oc2c4ccccc4ccc32)cc1/C=C\C=C. The van der Waals surface area contributed by atoms with Crippen LogP contribution in [0.1, 0.15) is 11.1 Å². The number of allylic oxidation sites excluding steroid dienone is 4. The van der Waals surface area contributed by atoms with Gasteiger partial charge in [0.1, 0.15) is 11.2 Å². The molecular formula is C48H35NO. The van der Waals surface area contributed by atoms with Crippen molar-refractivity contribution in [2.45, 2.75) is 0 Å². The maximum absolute atomic E-state index is 6.85. The van der Waals surface area contributed by atoms with Crippen LogP contribution in [0.5, 0.6) is 0 Å². The summed E-state index contributed by atoms with van der Waals surface area (Å²) >= 11 is 0. The van der Waals surface area contributed by atoms with E-state index in [1.54, 1.807) is 6.08 Å². The first kappa shape index (κ1) is 30.7. The first-order valence-electron chi connectivity index (χ1n) is 16.8. The summed E-state index contributed by atoms with van der Waals surface area (Å²) in [7, 11) is 0. The third-order valence-corrected chi connectivity index (χ3v) is 9.21. The number of anilines is 3. The molecule has 8 aromatic rings. The van der Waals surface area contributed by atoms with Gasteiger partial charge < -0.3 is 9.32 Å². The standard InChI is InChI=1S/C48H35NO/c1-3-5-17-34-29-31-38(33-37(34)18-6-4-2)49(45-27-14-12-22-39(45)35-19-8-7-9-20-35)46-28-15-13-24-41(46)42-25-16-26-43-44-32-30-36-21-10-11-23-40(36)47(44)50-48(42)43/h3-33H,1-2H2/b17-5-,18-6-. The number of rotatable bonds is 9. The molecule has 50 heavy (non-hydrogen) atoms. The summed E-state index contributed by atoms with van der Waals surface area (Å²) in [6.07, 6.45) is 11.7. The van der Waals surface area contributed by atoms with Crippen molar-refractivity contribution in [3.8, 4) is 22.3 Å². The summed E-state index contributed by atoms with van der Waals surface area (Å²) in [5, 5.41) is 4.50. The van der Waals surface area contributed by atoms with Gasteiger partial charge in [-0.2, -0.15) is 0 Å². The van der Waals surface area contributed by atoms with Crippen molar-refractivity contribution in [1.82, 2.24) is 0 Å². The van der Waals surface area contributed by atoms with E-state index in [1.165, 1.54) is 0 Å². The molecule has 2 heteroatoms. The Hall–Kier alpha value is -6.64. The highest BCUT2D eigenvalue weighted by Crippen LogP contribution is 2.47. The van der Waals surface area contributed by atoms with Crippen molar-refractivity contribution in [1.29, 1.82) is 0 Å². The van der Waals surface area contributed by atoms with E-state index in [2.05, 4.69) is 182 Å². The summed E-state index contributed by atoms with van der Waals surface area (Å²) in [6, 6.07) is 53.7. The van der Waals surface area contributed by atoms with Crippen LogP contribution >= 0.6 is 0 Å². The summed E-state index contributed by atoms with van der Waals surface area (Å²) in [5.74, 6) is 0. The molecule has 0 amide bonds. The van der Waals surface area contributed by atoms with E-state index < -0.39 is 0 Å². The van der Waals surface area contributed by atoms with Crippen molar-refractivity contribution in [2.75, 3.05) is 4.90 Å². The molecule has 0 atom stereocenters. The van der Waals surface area contributed by atoms with Crippen LogP contribution in [0.25, 0.3) is 67.1 Å². The van der Waals surface area contributed by atoms with Gasteiger partial charge in [-0.1, -0.05) is 171 Å². The summed E-state index contributed by atoms with van der Waals surface area (Å²) < 4.78 is 6.85. The molecule has 238 valence electrons. The smallest absolute Gasteiger partial charge is 0.143 e. The summed E-state index contributed by atoms with van der Waals surface area (Å²) in [5.41, 5.74) is 11.5. The van der Waals surface area contributed by atoms with E-state index in [0.29, 0.717) is 0 Å². The predicted molar refractivity (Wildman–Crippen MR) is 215 cm³/mol. The fraction of sp³-hybridized carbons (Fsp3) is 0. The fourth-order valence-corrected chi connectivity index (χ4v) is 6.91. The van der Waals surface area contributed by atoms with Gasteiger partial charge in [0.25, 0.3) is 0 Å². The Bertz CT molecular complexity index is 2580. The van der Waals surface area contributed by atoms with Crippen LogP contribution in [0.2, 0.25) is 0 Å². The molecule has 0 aliphatic carbocycles. The third kappa shape index (κ3) is 5.53. The highest BCUT2D eigenvalue weighted by molar-refractivity contribution is 6.17. The van der Waals surface area contributed by atoms with E-state index in [1.807, 2.05) is 18.2 Å². The average Bonchev–Trinajstić information content (AvgIpc) is 3.57. The molecule has 2 nitrogen and oxygen atoms in total. The highest BCUT2D eigenvalue weighted by atomic mass is 16.3. The van der Waals surface area contributed by atoms with E-state index in [-0.39, 0.29) is 0 Å². The van der Waals surface area contributed by atoms with Crippen LogP contribution in [0, 0.1) is 0 Å². The summed E-state index contributed by atoms with van der Waals surface area (Å²) in [6.45, 7) is 7.81. The molecule has 1 heterocycles. The van der Waals surface area contributed by atoms with Crippen molar-refractivity contribution < 1.29 is 4.42 Å². The zero-order valence-corrected chi connectivity index (χ0v) is 27.7. The van der Waals surface area contributed by atoms with E-state index in [0.717, 1.165) is 83.2 Å². The lowest BCUT2D eigenvalue weighted by atomic mass is 9.96. The lowest BCUT2D eigenvalue weighted by Gasteiger charge is -2.30. The number of furan rings is 1. The Labute approximate surface area is 292 Å². The van der Waals surface area contributed by atoms with E-state index in [9.17, 15) is 0 Å². The van der Waals surface area contributed by atoms with Gasteiger partial charge in [-0.15, -0.1) is 0 Å². The fourth-order valence-electron chi connectivity index (χ4n) is 6.91. The first-order chi connectivity index (χ1) is 24.7. The van der Waals surface area contributed by atoms with Crippen molar-refractivity contribution in [3.05, 3.63) is 200 Å². The minimum absolute atomic E-state index is 0.877. The number of hydrogen-bond donors (Lipinski definition) is 0. The molecule has 0 spiro atoms. The third-order valence-electron chi connectivity index (χ3n) is 9.21. The molecule has 0 unspecified atom stereocenters. The van der Waals surface area contributed by atoms with Gasteiger partial charge >= 0.3 is 0 Å². The Morgan fingerprint density at radius 1 is 0.460 bits per heavy atom. The van der Waals surface area contributed by atoms with Gasteiger partial charge in [0.2, 0.25) is 0 Å². The number of fused-ring (bicyclic) bond motifs is 5. The van der Waals surface area contributed by atoms with Crippen LogP contribution < -0.4 is 4.90 Å². The van der Waals surface area contributed by atoms with Crippen molar-refractivity contribution in [2.24, 2.45) is 0 Å². The minimum Gasteiger partial charge on any atom is -0.455 e. The van der Waals surface area contributed by atoms with E-state index in [4.69, 9.17) is 4.42 Å². The largest absolute Gasteiger partial charge is 0.455 e. The average molecular weight is 642 g/mol. The Morgan fingerprint density at radius 3 is 1.88 bits per heavy atom. The Kier molecular flexibility index (Phi) is 8.26. The Morgan fingerprint density at radius 2 is 1.08 bits per heavy atom. The van der Waals surface area contributed by atoms with E-state index >= 15 is 0 Å². The molecule has 0 aliphatic heterocycles. The highest BCUT2D eigenvalue weighted by Gasteiger charge is 2.23. The Balaban J connectivity index is 1.41. The molecule has 0 saturated carbocycles. The van der Waals surface area contributed by atoms with Crippen LogP contribution in [0.15, 0.2) is 194 Å². The van der Waals surface area contributed by atoms with Gasteiger partial charge in [0.15, 0.2) is 0 Å². The zero-order valence-electron chi connectivity index (χ0n) is 27.7. The molecule has 8 rings (SSSR count). The lowest BCUT2D eigenvalue weighted by Crippen LogP contribution is -2.13. The number of hydrogen-bond acceptors (Lipinski definition) is 2. The van der Waals surface area contributed by atoms with Gasteiger partial charge in [-0.05, 0) is 52.4 Å². The second-order valence-electron chi connectivity index (χ2n) is 12.2. The molecule has 0 N–H and O–H groups in total. The molecular weight excluding hydrogens is 607 g/mol. The molecule has 0 bridgehead atoms. The first-order valence-corrected chi connectivity index (χ1v) is 16.8. The topological polar surface area (TPSA) is 16.4 Å². The van der Waals surface area contributed by atoms with Crippen LogP contribution in [0.4, 0.5) is 17.1 Å². The van der Waals surface area contributed by atoms with Gasteiger partial charge in [-0.3, -0.25) is 0 Å². The zero-order chi connectivity index (χ0) is 33.9. The molecule has 0 radical (unpaired) electrons. The second-order valence-corrected chi connectivity index (χ2v) is 12.2. The van der Waals surface area contributed by atoms with Crippen LogP contribution in [-0.2, 0) is 0 Å². The van der Waals surface area contributed by atoms with Crippen molar-refractivity contribution >= 4 is 61.9 Å². The normalized spacial score (nSPS) is 11.6. The molecule has 7 aromatic carbocycles. The van der Waals surface area contributed by atoms with Gasteiger partial charge in [0.05, 0.1) is 11.4 Å². The van der Waals surface area contributed by atoms with Crippen molar-refractivity contribution in [3.63, 3.8) is 0 Å². The van der Waals surface area contributed by atoms with Gasteiger partial charge in [0, 0.05) is 38.5 Å². The molecule has 0 fully saturated rings. The van der Waals surface area contributed by atoms with Crippen LogP contribution in [0.3, 0.4) is 0 Å². The predicted octanol–water partition coefficient (Wildman–Crippen LogP) is 13.9. The molecule has 0 saturated heterocycles. The minimum atomic E-state index is 0.877. The molecule has 1 aromatic heterocycles. The maximum atomic E-state index is 6.85. The lowest BCUT2D eigenvalue weighted by molar-refractivity contribution is 0.674. The molecule has 0 aliphatic rings. The summed E-state index contributed by atoms with van der Waals surface area (Å²) in [4.78, 5) is 2.38. The second kappa shape index (κ2) is 13.5. The quantitative estimate of drug-likeness (QED) is 0.146. The number of benzene rings is 7. The number of para-hydroxylation sites is 3. The maximum Gasteiger partial charge on any atom is 0.143 e. The van der Waals surface area contributed by atoms with Crippen LogP contribution in [-0.4, -0.2) is 0 Å².